The standard InChI is InChI=1S/C6H7N7O/c1-13-9-2-4(12-13)5(14)10-6-7-3-8-11-6/h2-3H,1H3,(H2,7,8,10,11,14). The second kappa shape index (κ2) is 3.24. The van der Waals surface area contributed by atoms with Crippen LogP contribution in [0.2, 0.25) is 0 Å². The summed E-state index contributed by atoms with van der Waals surface area (Å²) < 4.78 is 0. The smallest absolute Gasteiger partial charge is 0.280 e. The number of hydrogen-bond acceptors (Lipinski definition) is 5. The molecule has 2 aromatic rings. The van der Waals surface area contributed by atoms with Gasteiger partial charge in [-0.05, 0) is 0 Å². The van der Waals surface area contributed by atoms with Crippen LogP contribution in [0.3, 0.4) is 0 Å². The molecule has 14 heavy (non-hydrogen) atoms. The molecule has 0 saturated heterocycles. The minimum Gasteiger partial charge on any atom is -0.289 e. The van der Waals surface area contributed by atoms with Crippen LogP contribution in [0.25, 0.3) is 0 Å². The molecular weight excluding hydrogens is 186 g/mol. The molecular formula is C6H7N7O. The van der Waals surface area contributed by atoms with Crippen molar-refractivity contribution in [1.29, 1.82) is 0 Å². The number of nitrogens with zero attached hydrogens (tertiary/aromatic N) is 5. The van der Waals surface area contributed by atoms with Crippen molar-refractivity contribution >= 4 is 11.9 Å². The zero-order valence-electron chi connectivity index (χ0n) is 7.30. The molecule has 72 valence electrons. The summed E-state index contributed by atoms with van der Waals surface area (Å²) in [6.45, 7) is 0. The van der Waals surface area contributed by atoms with Crippen molar-refractivity contribution in [2.45, 2.75) is 0 Å². The van der Waals surface area contributed by atoms with E-state index >= 15 is 0 Å². The monoisotopic (exact) mass is 193 g/mol. The molecule has 0 spiro atoms. The lowest BCUT2D eigenvalue weighted by molar-refractivity contribution is 0.102. The Balaban J connectivity index is 2.10. The third-order valence-electron chi connectivity index (χ3n) is 1.48. The van der Waals surface area contributed by atoms with Crippen LogP contribution in [0, 0.1) is 0 Å². The Kier molecular flexibility index (Phi) is 1.94. The topological polar surface area (TPSA) is 101 Å². The number of nitrogens with one attached hydrogen (secondary N) is 2. The summed E-state index contributed by atoms with van der Waals surface area (Å²) in [5.41, 5.74) is 0.226. The lowest BCUT2D eigenvalue weighted by Gasteiger charge is -1.95. The quantitative estimate of drug-likeness (QED) is 0.649. The Labute approximate surface area is 78.3 Å². The average Bonchev–Trinajstić information content (AvgIpc) is 2.75. The molecule has 0 unspecified atom stereocenters. The number of hydrogen-bond donors (Lipinski definition) is 2. The van der Waals surface area contributed by atoms with E-state index in [9.17, 15) is 4.79 Å². The minimum absolute atomic E-state index is 0.226. The predicted molar refractivity (Wildman–Crippen MR) is 45.3 cm³/mol. The van der Waals surface area contributed by atoms with Crippen molar-refractivity contribution in [2.24, 2.45) is 7.05 Å². The van der Waals surface area contributed by atoms with Crippen molar-refractivity contribution in [3.8, 4) is 0 Å². The first-order valence-electron chi connectivity index (χ1n) is 3.79. The Morgan fingerprint density at radius 3 is 3.07 bits per heavy atom. The van der Waals surface area contributed by atoms with Crippen LogP contribution in [-0.4, -0.2) is 36.1 Å². The van der Waals surface area contributed by atoms with E-state index in [0.29, 0.717) is 0 Å². The number of aryl methyl sites for hydroxylation is 1. The number of amides is 1. The van der Waals surface area contributed by atoms with Crippen LogP contribution in [0.4, 0.5) is 5.95 Å². The normalized spacial score (nSPS) is 10.1. The second-order valence-electron chi connectivity index (χ2n) is 2.51. The maximum Gasteiger partial charge on any atom is 0.280 e. The third-order valence-corrected chi connectivity index (χ3v) is 1.48. The van der Waals surface area contributed by atoms with E-state index in [1.54, 1.807) is 7.05 Å². The van der Waals surface area contributed by atoms with E-state index in [1.807, 2.05) is 0 Å². The van der Waals surface area contributed by atoms with E-state index in [2.05, 4.69) is 30.7 Å². The van der Waals surface area contributed by atoms with Crippen molar-refractivity contribution in [3.63, 3.8) is 0 Å². The summed E-state index contributed by atoms with van der Waals surface area (Å²) >= 11 is 0. The average molecular weight is 193 g/mol. The summed E-state index contributed by atoms with van der Waals surface area (Å²) in [4.78, 5) is 16.4. The number of aromatic nitrogens is 6. The van der Waals surface area contributed by atoms with E-state index in [4.69, 9.17) is 0 Å². The molecule has 0 saturated carbocycles. The van der Waals surface area contributed by atoms with Gasteiger partial charge in [0.25, 0.3) is 5.91 Å². The molecule has 8 nitrogen and oxygen atoms in total. The lowest BCUT2D eigenvalue weighted by atomic mass is 10.4. The van der Waals surface area contributed by atoms with E-state index in [-0.39, 0.29) is 17.5 Å². The summed E-state index contributed by atoms with van der Waals surface area (Å²) in [5, 5.41) is 16.1. The number of rotatable bonds is 2. The lowest BCUT2D eigenvalue weighted by Crippen LogP contribution is -2.14. The number of aromatic amines is 1. The van der Waals surface area contributed by atoms with Gasteiger partial charge in [0.1, 0.15) is 6.33 Å². The molecule has 0 atom stereocenters. The summed E-state index contributed by atoms with van der Waals surface area (Å²) in [6, 6.07) is 0. The molecule has 0 aliphatic carbocycles. The van der Waals surface area contributed by atoms with Gasteiger partial charge in [0.2, 0.25) is 5.95 Å². The summed E-state index contributed by atoms with van der Waals surface area (Å²) in [5.74, 6) is -0.101. The maximum absolute atomic E-state index is 11.4. The van der Waals surface area contributed by atoms with Gasteiger partial charge in [-0.25, -0.2) is 5.10 Å². The van der Waals surface area contributed by atoms with Gasteiger partial charge in [-0.15, -0.1) is 5.10 Å². The van der Waals surface area contributed by atoms with Crippen molar-refractivity contribution in [3.05, 3.63) is 18.2 Å². The molecule has 0 radical (unpaired) electrons. The zero-order chi connectivity index (χ0) is 9.97. The van der Waals surface area contributed by atoms with E-state index in [0.717, 1.165) is 0 Å². The van der Waals surface area contributed by atoms with Gasteiger partial charge >= 0.3 is 0 Å². The fraction of sp³-hybridized carbons (Fsp3) is 0.167. The van der Waals surface area contributed by atoms with Crippen LogP contribution in [0.15, 0.2) is 12.5 Å². The van der Waals surface area contributed by atoms with Gasteiger partial charge in [-0.2, -0.15) is 20.0 Å². The minimum atomic E-state index is -0.380. The fourth-order valence-electron chi connectivity index (χ4n) is 0.887. The number of carbonyl (C=O) groups is 1. The van der Waals surface area contributed by atoms with Gasteiger partial charge in [-0.3, -0.25) is 10.1 Å². The first-order valence-corrected chi connectivity index (χ1v) is 3.79. The first kappa shape index (κ1) is 8.35. The molecule has 0 aliphatic heterocycles. The van der Waals surface area contributed by atoms with Crippen molar-refractivity contribution < 1.29 is 4.79 Å². The molecule has 1 amide bonds. The zero-order valence-corrected chi connectivity index (χ0v) is 7.30. The molecule has 2 rings (SSSR count). The van der Waals surface area contributed by atoms with Crippen LogP contribution in [0.1, 0.15) is 10.5 Å². The molecule has 2 heterocycles. The number of anilines is 1. The third kappa shape index (κ3) is 1.58. The predicted octanol–water partition coefficient (Wildman–Crippen LogP) is -0.815. The highest BCUT2D eigenvalue weighted by Crippen LogP contribution is 1.97. The van der Waals surface area contributed by atoms with Crippen LogP contribution < -0.4 is 5.32 Å². The first-order chi connectivity index (χ1) is 6.75. The molecule has 8 heteroatoms. The molecule has 0 fully saturated rings. The Morgan fingerprint density at radius 1 is 1.64 bits per heavy atom. The molecule has 0 aliphatic rings. The van der Waals surface area contributed by atoms with Gasteiger partial charge in [0.15, 0.2) is 5.69 Å². The van der Waals surface area contributed by atoms with Gasteiger partial charge in [-0.1, -0.05) is 0 Å². The van der Waals surface area contributed by atoms with Crippen molar-refractivity contribution in [1.82, 2.24) is 30.2 Å². The fourth-order valence-corrected chi connectivity index (χ4v) is 0.887. The second-order valence-corrected chi connectivity index (χ2v) is 2.51. The Morgan fingerprint density at radius 2 is 2.50 bits per heavy atom. The molecule has 2 N–H and O–H groups in total. The van der Waals surface area contributed by atoms with Crippen LogP contribution in [-0.2, 0) is 7.05 Å². The maximum atomic E-state index is 11.4. The Bertz CT molecular complexity index is 431. The molecule has 2 aromatic heterocycles. The van der Waals surface area contributed by atoms with Crippen molar-refractivity contribution in [2.75, 3.05) is 5.32 Å². The molecule has 0 aromatic carbocycles. The van der Waals surface area contributed by atoms with E-state index < -0.39 is 0 Å². The Hall–Kier alpha value is -2.25. The summed E-state index contributed by atoms with van der Waals surface area (Å²) in [7, 11) is 1.63. The van der Waals surface area contributed by atoms with Crippen LogP contribution >= 0.6 is 0 Å². The SMILES string of the molecule is Cn1ncc(C(=O)Nc2ncn[nH]2)n1. The highest BCUT2D eigenvalue weighted by atomic mass is 16.2. The largest absolute Gasteiger partial charge is 0.289 e. The summed E-state index contributed by atoms with van der Waals surface area (Å²) in [6.07, 6.45) is 2.66. The van der Waals surface area contributed by atoms with E-state index in [1.165, 1.54) is 17.3 Å². The molecule has 0 bridgehead atoms. The number of H-pyrrole nitrogens is 1. The van der Waals surface area contributed by atoms with Gasteiger partial charge in [0, 0.05) is 7.05 Å². The highest BCUT2D eigenvalue weighted by Gasteiger charge is 2.10. The van der Waals surface area contributed by atoms with Gasteiger partial charge in [0.05, 0.1) is 6.20 Å². The number of carbonyl (C=O) groups excluding carboxylic acids is 1. The highest BCUT2D eigenvalue weighted by molar-refractivity contribution is 6.01. The van der Waals surface area contributed by atoms with Gasteiger partial charge < -0.3 is 0 Å². The van der Waals surface area contributed by atoms with Crippen LogP contribution in [0.5, 0.6) is 0 Å².